The highest BCUT2D eigenvalue weighted by Gasteiger charge is 2.11. The van der Waals surface area contributed by atoms with Crippen LogP contribution in [0, 0.1) is 13.8 Å². The van der Waals surface area contributed by atoms with Crippen LogP contribution >= 0.6 is 11.6 Å². The summed E-state index contributed by atoms with van der Waals surface area (Å²) in [5.41, 5.74) is 3.23. The van der Waals surface area contributed by atoms with Crippen LogP contribution in [-0.2, 0) is 6.42 Å². The van der Waals surface area contributed by atoms with Crippen molar-refractivity contribution in [2.24, 2.45) is 0 Å². The summed E-state index contributed by atoms with van der Waals surface area (Å²) in [6.07, 6.45) is 0.734. The Hall–Kier alpha value is -1.94. The SMILES string of the molecule is Cc1ccccc1Cc1nnc2cc(Cl)nc(C)n12. The number of fused-ring (bicyclic) bond motifs is 1. The van der Waals surface area contributed by atoms with Crippen molar-refractivity contribution in [3.63, 3.8) is 0 Å². The van der Waals surface area contributed by atoms with Gasteiger partial charge in [-0.2, -0.15) is 0 Å². The Morgan fingerprint density at radius 1 is 1.16 bits per heavy atom. The van der Waals surface area contributed by atoms with E-state index in [1.165, 1.54) is 11.1 Å². The minimum absolute atomic E-state index is 0.444. The lowest BCUT2D eigenvalue weighted by molar-refractivity contribution is 0.881. The van der Waals surface area contributed by atoms with Crippen molar-refractivity contribution in [2.75, 3.05) is 0 Å². The zero-order chi connectivity index (χ0) is 13.4. The average molecular weight is 273 g/mol. The quantitative estimate of drug-likeness (QED) is 0.674. The maximum atomic E-state index is 5.93. The highest BCUT2D eigenvalue weighted by molar-refractivity contribution is 6.29. The second-order valence-corrected chi connectivity index (χ2v) is 4.93. The molecule has 0 amide bonds. The fourth-order valence-corrected chi connectivity index (χ4v) is 2.43. The van der Waals surface area contributed by atoms with Gasteiger partial charge in [-0.1, -0.05) is 35.9 Å². The van der Waals surface area contributed by atoms with Crippen LogP contribution < -0.4 is 0 Å². The third-order valence-electron chi connectivity index (χ3n) is 3.21. The van der Waals surface area contributed by atoms with E-state index in [1.807, 2.05) is 23.5 Å². The number of benzene rings is 1. The van der Waals surface area contributed by atoms with E-state index in [4.69, 9.17) is 11.6 Å². The molecule has 0 saturated heterocycles. The lowest BCUT2D eigenvalue weighted by Gasteiger charge is -2.06. The Morgan fingerprint density at radius 3 is 2.74 bits per heavy atom. The van der Waals surface area contributed by atoms with Crippen molar-refractivity contribution >= 4 is 17.2 Å². The molecular weight excluding hydrogens is 260 g/mol. The summed E-state index contributed by atoms with van der Waals surface area (Å²) in [4.78, 5) is 4.25. The van der Waals surface area contributed by atoms with Crippen molar-refractivity contribution in [3.05, 3.63) is 58.3 Å². The fourth-order valence-electron chi connectivity index (χ4n) is 2.21. The van der Waals surface area contributed by atoms with Gasteiger partial charge in [0.1, 0.15) is 16.8 Å². The molecule has 0 aliphatic heterocycles. The minimum atomic E-state index is 0.444. The summed E-state index contributed by atoms with van der Waals surface area (Å²) < 4.78 is 1.94. The largest absolute Gasteiger partial charge is 0.266 e. The summed E-state index contributed by atoms with van der Waals surface area (Å²) in [6.45, 7) is 4.00. The summed E-state index contributed by atoms with van der Waals surface area (Å²) >= 11 is 5.93. The van der Waals surface area contributed by atoms with Crippen LogP contribution in [0.1, 0.15) is 22.8 Å². The zero-order valence-electron chi connectivity index (χ0n) is 10.8. The number of rotatable bonds is 2. The molecule has 0 N–H and O–H groups in total. The maximum absolute atomic E-state index is 5.93. The molecule has 0 aliphatic rings. The lowest BCUT2D eigenvalue weighted by atomic mass is 10.1. The van der Waals surface area contributed by atoms with Crippen molar-refractivity contribution in [2.45, 2.75) is 20.3 Å². The molecule has 3 rings (SSSR count). The van der Waals surface area contributed by atoms with E-state index in [1.54, 1.807) is 6.07 Å². The zero-order valence-corrected chi connectivity index (χ0v) is 11.5. The molecule has 0 unspecified atom stereocenters. The fraction of sp³-hybridized carbons (Fsp3) is 0.214. The van der Waals surface area contributed by atoms with Crippen LogP contribution in [0.25, 0.3) is 5.65 Å². The van der Waals surface area contributed by atoms with Crippen molar-refractivity contribution in [1.29, 1.82) is 0 Å². The number of aryl methyl sites for hydroxylation is 2. The van der Waals surface area contributed by atoms with Gasteiger partial charge in [0.15, 0.2) is 5.65 Å². The molecule has 5 heteroatoms. The van der Waals surface area contributed by atoms with Crippen LogP contribution in [0.2, 0.25) is 5.15 Å². The van der Waals surface area contributed by atoms with E-state index in [2.05, 4.69) is 34.2 Å². The molecule has 0 atom stereocenters. The monoisotopic (exact) mass is 272 g/mol. The molecule has 1 aromatic carbocycles. The van der Waals surface area contributed by atoms with Crippen molar-refractivity contribution in [3.8, 4) is 0 Å². The van der Waals surface area contributed by atoms with E-state index >= 15 is 0 Å². The van der Waals surface area contributed by atoms with E-state index in [9.17, 15) is 0 Å². The average Bonchev–Trinajstić information content (AvgIpc) is 2.75. The van der Waals surface area contributed by atoms with Gasteiger partial charge in [-0.25, -0.2) is 4.98 Å². The van der Waals surface area contributed by atoms with Crippen molar-refractivity contribution < 1.29 is 0 Å². The maximum Gasteiger partial charge on any atom is 0.165 e. The standard InChI is InChI=1S/C14H13ClN4/c1-9-5-3-4-6-11(9)7-13-17-18-14-8-12(15)16-10(2)19(13)14/h3-6,8H,7H2,1-2H3. The first kappa shape index (κ1) is 12.1. The van der Waals surface area contributed by atoms with E-state index in [0.717, 1.165) is 23.7 Å². The Balaban J connectivity index is 2.09. The highest BCUT2D eigenvalue weighted by atomic mass is 35.5. The summed E-state index contributed by atoms with van der Waals surface area (Å²) in [5, 5.41) is 8.85. The Bertz CT molecular complexity index is 748. The highest BCUT2D eigenvalue weighted by Crippen LogP contribution is 2.16. The second-order valence-electron chi connectivity index (χ2n) is 4.54. The molecule has 0 fully saturated rings. The number of hydrogen-bond acceptors (Lipinski definition) is 3. The van der Waals surface area contributed by atoms with Gasteiger partial charge >= 0.3 is 0 Å². The Kier molecular flexibility index (Phi) is 2.95. The topological polar surface area (TPSA) is 43.1 Å². The predicted molar refractivity (Wildman–Crippen MR) is 74.5 cm³/mol. The van der Waals surface area contributed by atoms with Gasteiger partial charge in [-0.15, -0.1) is 10.2 Å². The molecular formula is C14H13ClN4. The smallest absolute Gasteiger partial charge is 0.165 e. The van der Waals surface area contributed by atoms with E-state index in [0.29, 0.717) is 5.15 Å². The number of aromatic nitrogens is 4. The second kappa shape index (κ2) is 4.63. The van der Waals surface area contributed by atoms with Gasteiger partial charge in [0.05, 0.1) is 0 Å². The number of halogens is 1. The van der Waals surface area contributed by atoms with Gasteiger partial charge in [0.2, 0.25) is 0 Å². The van der Waals surface area contributed by atoms with Crippen LogP contribution in [-0.4, -0.2) is 19.6 Å². The van der Waals surface area contributed by atoms with Crippen LogP contribution in [0.3, 0.4) is 0 Å². The van der Waals surface area contributed by atoms with Gasteiger partial charge < -0.3 is 0 Å². The Labute approximate surface area is 116 Å². The minimum Gasteiger partial charge on any atom is -0.266 e. The normalized spacial score (nSPS) is 11.1. The molecule has 2 aromatic heterocycles. The van der Waals surface area contributed by atoms with Gasteiger partial charge in [-0.05, 0) is 25.0 Å². The summed E-state index contributed by atoms with van der Waals surface area (Å²) in [6, 6.07) is 10.00. The first-order chi connectivity index (χ1) is 9.15. The third-order valence-corrected chi connectivity index (χ3v) is 3.40. The molecule has 19 heavy (non-hydrogen) atoms. The molecule has 0 spiro atoms. The van der Waals surface area contributed by atoms with Crippen LogP contribution in [0.4, 0.5) is 0 Å². The summed E-state index contributed by atoms with van der Waals surface area (Å²) in [5.74, 6) is 1.68. The molecule has 2 heterocycles. The molecule has 0 saturated carbocycles. The number of nitrogens with zero attached hydrogens (tertiary/aromatic N) is 4. The number of hydrogen-bond donors (Lipinski definition) is 0. The molecule has 0 bridgehead atoms. The van der Waals surface area contributed by atoms with Gasteiger partial charge in [0, 0.05) is 12.5 Å². The third kappa shape index (κ3) is 2.19. The van der Waals surface area contributed by atoms with Gasteiger partial charge in [0.25, 0.3) is 0 Å². The van der Waals surface area contributed by atoms with E-state index < -0.39 is 0 Å². The van der Waals surface area contributed by atoms with Crippen LogP contribution in [0.15, 0.2) is 30.3 Å². The first-order valence-corrected chi connectivity index (χ1v) is 6.44. The van der Waals surface area contributed by atoms with E-state index in [-0.39, 0.29) is 0 Å². The molecule has 0 aliphatic carbocycles. The predicted octanol–water partition coefficient (Wildman–Crippen LogP) is 2.99. The van der Waals surface area contributed by atoms with Crippen LogP contribution in [0.5, 0.6) is 0 Å². The molecule has 4 nitrogen and oxygen atoms in total. The lowest BCUT2D eigenvalue weighted by Crippen LogP contribution is -2.02. The Morgan fingerprint density at radius 2 is 1.95 bits per heavy atom. The summed E-state index contributed by atoms with van der Waals surface area (Å²) in [7, 11) is 0. The molecule has 3 aromatic rings. The van der Waals surface area contributed by atoms with Gasteiger partial charge in [-0.3, -0.25) is 4.40 Å². The first-order valence-electron chi connectivity index (χ1n) is 6.07. The molecule has 0 radical (unpaired) electrons. The molecule has 96 valence electrons. The van der Waals surface area contributed by atoms with Crippen molar-refractivity contribution in [1.82, 2.24) is 19.6 Å².